The van der Waals surface area contributed by atoms with Crippen LogP contribution in [-0.2, 0) is 4.79 Å². The first kappa shape index (κ1) is 14.0. The van der Waals surface area contributed by atoms with E-state index in [0.717, 1.165) is 12.8 Å². The Balaban J connectivity index is 1.75. The van der Waals surface area contributed by atoms with Crippen molar-refractivity contribution in [2.24, 2.45) is 5.92 Å². The number of carbonyl (C=O) groups is 1. The standard InChI is InChI=1S/C20H23NO/c1-2-19(22)20-17(12-16-9-10-18(20)21-16)15-8-7-13-5-3-4-6-14(13)11-15/h3-8,11,16-18,20-21H,2,9-10,12H2,1H3. The molecular weight excluding hydrogens is 270 g/mol. The highest BCUT2D eigenvalue weighted by Crippen LogP contribution is 2.43. The van der Waals surface area contributed by atoms with Crippen LogP contribution in [0.15, 0.2) is 42.5 Å². The summed E-state index contributed by atoms with van der Waals surface area (Å²) in [6, 6.07) is 16.2. The van der Waals surface area contributed by atoms with E-state index >= 15 is 0 Å². The molecule has 4 unspecified atom stereocenters. The van der Waals surface area contributed by atoms with E-state index in [-0.39, 0.29) is 5.92 Å². The van der Waals surface area contributed by atoms with E-state index in [4.69, 9.17) is 0 Å². The van der Waals surface area contributed by atoms with Gasteiger partial charge in [-0.3, -0.25) is 4.79 Å². The van der Waals surface area contributed by atoms with Crippen LogP contribution in [0, 0.1) is 5.92 Å². The van der Waals surface area contributed by atoms with Gasteiger partial charge in [-0.1, -0.05) is 49.4 Å². The Labute approximate surface area is 131 Å². The third-order valence-electron chi connectivity index (χ3n) is 5.60. The SMILES string of the molecule is CCC(=O)C1C2CCC(CC1c1ccc3ccccc3c1)N2. The molecule has 4 rings (SSSR count). The molecule has 114 valence electrons. The quantitative estimate of drug-likeness (QED) is 0.925. The molecule has 1 N–H and O–H groups in total. The fourth-order valence-corrected chi connectivity index (χ4v) is 4.52. The van der Waals surface area contributed by atoms with E-state index in [9.17, 15) is 4.79 Å². The summed E-state index contributed by atoms with van der Waals surface area (Å²) < 4.78 is 0. The lowest BCUT2D eigenvalue weighted by Crippen LogP contribution is -2.47. The lowest BCUT2D eigenvalue weighted by Gasteiger charge is -2.37. The normalized spacial score (nSPS) is 30.6. The molecule has 2 aliphatic heterocycles. The summed E-state index contributed by atoms with van der Waals surface area (Å²) in [5.41, 5.74) is 1.35. The summed E-state index contributed by atoms with van der Waals surface area (Å²) in [5.74, 6) is 0.969. The molecule has 0 aliphatic carbocycles. The van der Waals surface area contributed by atoms with Crippen LogP contribution in [-0.4, -0.2) is 17.9 Å². The zero-order valence-electron chi connectivity index (χ0n) is 13.1. The van der Waals surface area contributed by atoms with Crippen molar-refractivity contribution in [2.75, 3.05) is 0 Å². The number of nitrogens with one attached hydrogen (secondary N) is 1. The summed E-state index contributed by atoms with van der Waals surface area (Å²) in [4.78, 5) is 12.6. The zero-order valence-corrected chi connectivity index (χ0v) is 13.1. The molecule has 2 fully saturated rings. The van der Waals surface area contributed by atoms with Gasteiger partial charge in [-0.2, -0.15) is 0 Å². The Morgan fingerprint density at radius 1 is 1.14 bits per heavy atom. The van der Waals surface area contributed by atoms with Crippen molar-refractivity contribution >= 4 is 16.6 Å². The van der Waals surface area contributed by atoms with Crippen molar-refractivity contribution in [3.8, 4) is 0 Å². The van der Waals surface area contributed by atoms with Gasteiger partial charge in [0, 0.05) is 24.4 Å². The minimum absolute atomic E-state index is 0.157. The lowest BCUT2D eigenvalue weighted by molar-refractivity contribution is -0.124. The Kier molecular flexibility index (Phi) is 3.50. The van der Waals surface area contributed by atoms with Crippen LogP contribution in [0.2, 0.25) is 0 Å². The first-order chi connectivity index (χ1) is 10.8. The molecule has 0 radical (unpaired) electrons. The summed E-state index contributed by atoms with van der Waals surface area (Å²) in [7, 11) is 0. The Morgan fingerprint density at radius 2 is 1.95 bits per heavy atom. The van der Waals surface area contributed by atoms with Crippen LogP contribution < -0.4 is 5.32 Å². The van der Waals surface area contributed by atoms with Gasteiger partial charge in [-0.25, -0.2) is 0 Å². The molecule has 2 aliphatic rings. The number of piperidine rings is 1. The Hall–Kier alpha value is -1.67. The van der Waals surface area contributed by atoms with Crippen LogP contribution in [0.4, 0.5) is 0 Å². The highest BCUT2D eigenvalue weighted by molar-refractivity contribution is 5.85. The van der Waals surface area contributed by atoms with Crippen LogP contribution in [0.3, 0.4) is 0 Å². The van der Waals surface area contributed by atoms with Crippen molar-refractivity contribution in [2.45, 2.75) is 50.6 Å². The average Bonchev–Trinajstić information content (AvgIpc) is 2.95. The molecule has 0 saturated carbocycles. The molecule has 0 spiro atoms. The minimum atomic E-state index is 0.157. The van der Waals surface area contributed by atoms with Crippen LogP contribution in [0.5, 0.6) is 0 Å². The largest absolute Gasteiger partial charge is 0.310 e. The van der Waals surface area contributed by atoms with E-state index in [1.165, 1.54) is 22.8 Å². The predicted octanol–water partition coefficient (Wildman–Crippen LogP) is 4.04. The van der Waals surface area contributed by atoms with Gasteiger partial charge in [-0.15, -0.1) is 0 Å². The lowest BCUT2D eigenvalue weighted by atomic mass is 9.74. The molecule has 2 saturated heterocycles. The topological polar surface area (TPSA) is 29.1 Å². The van der Waals surface area contributed by atoms with Gasteiger partial charge in [0.15, 0.2) is 0 Å². The number of hydrogen-bond acceptors (Lipinski definition) is 2. The molecule has 2 nitrogen and oxygen atoms in total. The maximum Gasteiger partial charge on any atom is 0.137 e. The monoisotopic (exact) mass is 293 g/mol. The summed E-state index contributed by atoms with van der Waals surface area (Å²) in [6.07, 6.45) is 4.14. The fraction of sp³-hybridized carbons (Fsp3) is 0.450. The second kappa shape index (κ2) is 5.51. The maximum atomic E-state index is 12.6. The van der Waals surface area contributed by atoms with E-state index in [2.05, 4.69) is 47.8 Å². The molecule has 2 bridgehead atoms. The number of rotatable bonds is 3. The van der Waals surface area contributed by atoms with Gasteiger partial charge in [0.1, 0.15) is 5.78 Å². The Bertz CT molecular complexity index is 708. The van der Waals surface area contributed by atoms with Gasteiger partial charge >= 0.3 is 0 Å². The number of Topliss-reactive ketones (excluding diaryl/α,β-unsaturated/α-hetero) is 1. The van der Waals surface area contributed by atoms with Gasteiger partial charge in [0.05, 0.1) is 0 Å². The van der Waals surface area contributed by atoms with E-state index in [0.29, 0.717) is 30.2 Å². The summed E-state index contributed by atoms with van der Waals surface area (Å²) in [5, 5.41) is 6.24. The van der Waals surface area contributed by atoms with Crippen molar-refractivity contribution in [1.82, 2.24) is 5.32 Å². The molecule has 2 aromatic rings. The molecule has 2 heteroatoms. The zero-order chi connectivity index (χ0) is 15.1. The third kappa shape index (κ3) is 2.26. The van der Waals surface area contributed by atoms with E-state index < -0.39 is 0 Å². The fourth-order valence-electron chi connectivity index (χ4n) is 4.52. The van der Waals surface area contributed by atoms with Gasteiger partial charge in [0.2, 0.25) is 0 Å². The number of ketones is 1. The number of benzene rings is 2. The molecule has 2 heterocycles. The summed E-state index contributed by atoms with van der Waals surface area (Å²) in [6.45, 7) is 2.00. The molecule has 2 aromatic carbocycles. The molecule has 4 atom stereocenters. The maximum absolute atomic E-state index is 12.6. The predicted molar refractivity (Wildman–Crippen MR) is 90.0 cm³/mol. The second-order valence-corrected chi connectivity index (χ2v) is 6.84. The smallest absolute Gasteiger partial charge is 0.137 e. The average molecular weight is 293 g/mol. The van der Waals surface area contributed by atoms with Crippen LogP contribution >= 0.6 is 0 Å². The Morgan fingerprint density at radius 3 is 2.77 bits per heavy atom. The molecule has 22 heavy (non-hydrogen) atoms. The number of fused-ring (bicyclic) bond motifs is 3. The molecule has 0 amide bonds. The van der Waals surface area contributed by atoms with Gasteiger partial charge < -0.3 is 5.32 Å². The van der Waals surface area contributed by atoms with E-state index in [1.54, 1.807) is 0 Å². The highest BCUT2D eigenvalue weighted by Gasteiger charge is 2.44. The summed E-state index contributed by atoms with van der Waals surface area (Å²) >= 11 is 0. The van der Waals surface area contributed by atoms with Gasteiger partial charge in [0.25, 0.3) is 0 Å². The van der Waals surface area contributed by atoms with Gasteiger partial charge in [-0.05, 0) is 41.5 Å². The highest BCUT2D eigenvalue weighted by atomic mass is 16.1. The first-order valence-corrected chi connectivity index (χ1v) is 8.53. The molecular formula is C20H23NO. The first-order valence-electron chi connectivity index (χ1n) is 8.53. The van der Waals surface area contributed by atoms with Crippen LogP contribution in [0.25, 0.3) is 10.8 Å². The number of carbonyl (C=O) groups excluding carboxylic acids is 1. The van der Waals surface area contributed by atoms with Crippen molar-refractivity contribution in [1.29, 1.82) is 0 Å². The molecule has 0 aromatic heterocycles. The van der Waals surface area contributed by atoms with Crippen LogP contribution in [0.1, 0.15) is 44.1 Å². The van der Waals surface area contributed by atoms with Crippen molar-refractivity contribution in [3.05, 3.63) is 48.0 Å². The van der Waals surface area contributed by atoms with Crippen molar-refractivity contribution < 1.29 is 4.79 Å². The van der Waals surface area contributed by atoms with Crippen molar-refractivity contribution in [3.63, 3.8) is 0 Å². The third-order valence-corrected chi connectivity index (χ3v) is 5.60. The van der Waals surface area contributed by atoms with E-state index in [1.807, 2.05) is 6.92 Å². The minimum Gasteiger partial charge on any atom is -0.310 e. The number of hydrogen-bond donors (Lipinski definition) is 1. The second-order valence-electron chi connectivity index (χ2n) is 6.84.